The van der Waals surface area contributed by atoms with Gasteiger partial charge in [0, 0.05) is 29.8 Å². The van der Waals surface area contributed by atoms with Crippen molar-refractivity contribution in [3.8, 4) is 0 Å². The molecule has 0 amide bonds. The summed E-state index contributed by atoms with van der Waals surface area (Å²) in [5.74, 6) is 0.669. The average Bonchev–Trinajstić information content (AvgIpc) is 2.37. The Morgan fingerprint density at radius 2 is 1.90 bits per heavy atom. The normalized spacial score (nSPS) is 11.4. The molecule has 0 aliphatic carbocycles. The van der Waals surface area contributed by atoms with Crippen molar-refractivity contribution < 1.29 is 0 Å². The Bertz CT molecular complexity index is 402. The highest BCUT2D eigenvalue weighted by Crippen LogP contribution is 2.27. The topological polar surface area (TPSA) is 15.3 Å². The lowest BCUT2D eigenvalue weighted by atomic mass is 10.1. The van der Waals surface area contributed by atoms with E-state index in [-0.39, 0.29) is 0 Å². The summed E-state index contributed by atoms with van der Waals surface area (Å²) in [6.45, 7) is 14.2. The summed E-state index contributed by atoms with van der Waals surface area (Å²) >= 11 is 6.20. The lowest BCUT2D eigenvalue weighted by Gasteiger charge is -2.31. The lowest BCUT2D eigenvalue weighted by molar-refractivity contribution is 0.551. The van der Waals surface area contributed by atoms with Crippen molar-refractivity contribution in [2.75, 3.05) is 18.0 Å². The first-order valence-electron chi connectivity index (χ1n) is 7.71. The number of hydrogen-bond donors (Lipinski definition) is 1. The van der Waals surface area contributed by atoms with E-state index in [4.69, 9.17) is 11.6 Å². The summed E-state index contributed by atoms with van der Waals surface area (Å²) in [6, 6.07) is 6.72. The Kier molecular flexibility index (Phi) is 7.39. The van der Waals surface area contributed by atoms with Crippen molar-refractivity contribution in [1.82, 2.24) is 5.32 Å². The molecule has 0 aliphatic heterocycles. The van der Waals surface area contributed by atoms with Crippen molar-refractivity contribution in [2.24, 2.45) is 5.92 Å². The molecule has 0 spiro atoms. The second-order valence-electron chi connectivity index (χ2n) is 6.08. The monoisotopic (exact) mass is 296 g/mol. The van der Waals surface area contributed by atoms with E-state index in [2.05, 4.69) is 57.0 Å². The van der Waals surface area contributed by atoms with Crippen LogP contribution in [0.5, 0.6) is 0 Å². The van der Waals surface area contributed by atoms with E-state index >= 15 is 0 Å². The molecule has 0 unspecified atom stereocenters. The van der Waals surface area contributed by atoms with E-state index in [1.807, 2.05) is 6.07 Å². The molecule has 0 aliphatic rings. The molecule has 0 bridgehead atoms. The minimum absolute atomic E-state index is 0.484. The van der Waals surface area contributed by atoms with Gasteiger partial charge < -0.3 is 10.2 Å². The third kappa shape index (κ3) is 5.34. The van der Waals surface area contributed by atoms with E-state index in [9.17, 15) is 0 Å². The van der Waals surface area contributed by atoms with Crippen LogP contribution in [0.15, 0.2) is 18.2 Å². The van der Waals surface area contributed by atoms with Gasteiger partial charge in [0.05, 0.1) is 0 Å². The Morgan fingerprint density at radius 3 is 2.45 bits per heavy atom. The molecule has 0 heterocycles. The van der Waals surface area contributed by atoms with Gasteiger partial charge in [-0.15, -0.1) is 0 Å². The maximum atomic E-state index is 6.20. The highest BCUT2D eigenvalue weighted by Gasteiger charge is 2.14. The van der Waals surface area contributed by atoms with E-state index in [0.29, 0.717) is 12.0 Å². The van der Waals surface area contributed by atoms with Gasteiger partial charge in [0.1, 0.15) is 0 Å². The van der Waals surface area contributed by atoms with Gasteiger partial charge in [0.25, 0.3) is 0 Å². The highest BCUT2D eigenvalue weighted by atomic mass is 35.5. The summed E-state index contributed by atoms with van der Waals surface area (Å²) < 4.78 is 0. The van der Waals surface area contributed by atoms with Crippen LogP contribution in [0.2, 0.25) is 5.02 Å². The first kappa shape index (κ1) is 17.3. The molecule has 0 radical (unpaired) electrons. The lowest BCUT2D eigenvalue weighted by Crippen LogP contribution is -2.33. The van der Waals surface area contributed by atoms with Gasteiger partial charge in [0.2, 0.25) is 0 Å². The summed E-state index contributed by atoms with van der Waals surface area (Å²) in [4.78, 5) is 2.44. The van der Waals surface area contributed by atoms with Crippen molar-refractivity contribution in [3.05, 3.63) is 28.8 Å². The fourth-order valence-electron chi connectivity index (χ4n) is 2.35. The first-order valence-corrected chi connectivity index (χ1v) is 8.09. The zero-order chi connectivity index (χ0) is 15.1. The zero-order valence-corrected chi connectivity index (χ0v) is 14.3. The molecule has 114 valence electrons. The molecule has 0 atom stereocenters. The summed E-state index contributed by atoms with van der Waals surface area (Å²) in [5.41, 5.74) is 2.60. The van der Waals surface area contributed by atoms with Crippen LogP contribution in [-0.2, 0) is 6.54 Å². The molecular weight excluding hydrogens is 268 g/mol. The first-order chi connectivity index (χ1) is 9.45. The second-order valence-corrected chi connectivity index (χ2v) is 6.52. The molecule has 0 fully saturated rings. The molecule has 0 saturated heterocycles. The molecule has 0 saturated carbocycles. The van der Waals surface area contributed by atoms with Gasteiger partial charge in [-0.05, 0) is 50.4 Å². The molecule has 0 aromatic heterocycles. The third-order valence-corrected chi connectivity index (χ3v) is 3.55. The predicted octanol–water partition coefficient (Wildman–Crippen LogP) is 4.71. The maximum Gasteiger partial charge on any atom is 0.0429 e. The Morgan fingerprint density at radius 1 is 1.20 bits per heavy atom. The molecule has 1 rings (SSSR count). The van der Waals surface area contributed by atoms with E-state index in [1.165, 1.54) is 11.3 Å². The van der Waals surface area contributed by atoms with E-state index < -0.39 is 0 Å². The van der Waals surface area contributed by atoms with Crippen molar-refractivity contribution >= 4 is 17.3 Å². The maximum absolute atomic E-state index is 6.20. The van der Waals surface area contributed by atoms with Gasteiger partial charge in [-0.3, -0.25) is 0 Å². The number of nitrogens with zero attached hydrogens (tertiary/aromatic N) is 1. The zero-order valence-electron chi connectivity index (χ0n) is 13.5. The van der Waals surface area contributed by atoms with Gasteiger partial charge in [-0.25, -0.2) is 0 Å². The Hall–Kier alpha value is -0.730. The quantitative estimate of drug-likeness (QED) is 0.747. The predicted molar refractivity (Wildman–Crippen MR) is 90.8 cm³/mol. The Labute approximate surface area is 129 Å². The molecule has 1 N–H and O–H groups in total. The van der Waals surface area contributed by atoms with Crippen molar-refractivity contribution in [2.45, 2.75) is 53.6 Å². The van der Waals surface area contributed by atoms with Crippen LogP contribution in [0.25, 0.3) is 0 Å². The highest BCUT2D eigenvalue weighted by molar-refractivity contribution is 6.30. The third-order valence-electron chi connectivity index (χ3n) is 3.31. The van der Waals surface area contributed by atoms with Crippen molar-refractivity contribution in [3.63, 3.8) is 0 Å². The summed E-state index contributed by atoms with van der Waals surface area (Å²) in [6.07, 6.45) is 1.14. The van der Waals surface area contributed by atoms with Crippen LogP contribution in [0.1, 0.15) is 46.6 Å². The minimum Gasteiger partial charge on any atom is -0.369 e. The number of benzene rings is 1. The average molecular weight is 297 g/mol. The minimum atomic E-state index is 0.484. The van der Waals surface area contributed by atoms with Gasteiger partial charge >= 0.3 is 0 Å². The number of hydrogen-bond acceptors (Lipinski definition) is 2. The van der Waals surface area contributed by atoms with Crippen LogP contribution in [0, 0.1) is 5.92 Å². The summed E-state index contributed by atoms with van der Waals surface area (Å²) in [7, 11) is 0. The van der Waals surface area contributed by atoms with Crippen LogP contribution in [-0.4, -0.2) is 19.1 Å². The molecule has 3 heteroatoms. The fraction of sp³-hybridized carbons (Fsp3) is 0.647. The smallest absolute Gasteiger partial charge is 0.0429 e. The largest absolute Gasteiger partial charge is 0.369 e. The Balaban J connectivity index is 2.93. The number of nitrogens with one attached hydrogen (secondary N) is 1. The molecule has 2 nitrogen and oxygen atoms in total. The fourth-order valence-corrected chi connectivity index (χ4v) is 2.51. The van der Waals surface area contributed by atoms with Crippen LogP contribution < -0.4 is 10.2 Å². The number of anilines is 1. The molecule has 1 aromatic rings. The summed E-state index contributed by atoms with van der Waals surface area (Å²) in [5, 5.41) is 4.34. The van der Waals surface area contributed by atoms with Crippen LogP contribution >= 0.6 is 11.6 Å². The van der Waals surface area contributed by atoms with Crippen LogP contribution in [0.3, 0.4) is 0 Å². The molecule has 1 aromatic carbocycles. The SMILES string of the molecule is CCCN(c1cc(Cl)ccc1CNCC(C)C)C(C)C. The molecular formula is C17H29ClN2. The number of rotatable bonds is 8. The number of halogens is 1. The van der Waals surface area contributed by atoms with Gasteiger partial charge in [-0.1, -0.05) is 38.4 Å². The van der Waals surface area contributed by atoms with Gasteiger partial charge in [0.15, 0.2) is 0 Å². The molecule has 20 heavy (non-hydrogen) atoms. The van der Waals surface area contributed by atoms with E-state index in [0.717, 1.165) is 31.1 Å². The van der Waals surface area contributed by atoms with E-state index in [1.54, 1.807) is 0 Å². The standard InChI is InChI=1S/C17H29ClN2/c1-6-9-20(14(4)5)17-10-16(18)8-7-15(17)12-19-11-13(2)3/h7-8,10,13-14,19H,6,9,11-12H2,1-5H3. The van der Waals surface area contributed by atoms with Crippen molar-refractivity contribution in [1.29, 1.82) is 0 Å². The second kappa shape index (κ2) is 8.53. The van der Waals surface area contributed by atoms with Crippen LogP contribution in [0.4, 0.5) is 5.69 Å². The van der Waals surface area contributed by atoms with Gasteiger partial charge in [-0.2, -0.15) is 0 Å².